The lowest BCUT2D eigenvalue weighted by molar-refractivity contribution is 0.347. The van der Waals surface area contributed by atoms with Crippen LogP contribution in [0.4, 0.5) is 10.2 Å². The number of benzene rings is 1. The third kappa shape index (κ3) is 3.66. The minimum absolute atomic E-state index is 0.125. The first-order valence-corrected chi connectivity index (χ1v) is 7.78. The maximum atomic E-state index is 14.0. The smallest absolute Gasteiger partial charge is 0.150 e. The summed E-state index contributed by atoms with van der Waals surface area (Å²) in [5.41, 5.74) is 1.22. The molecule has 0 aliphatic rings. The van der Waals surface area contributed by atoms with Crippen molar-refractivity contribution in [3.63, 3.8) is 0 Å². The molecule has 0 fully saturated rings. The Bertz CT molecular complexity index is 927. The van der Waals surface area contributed by atoms with Gasteiger partial charge in [-0.25, -0.2) is 13.8 Å². The Kier molecular flexibility index (Phi) is 4.23. The Morgan fingerprint density at radius 2 is 2.08 bits per heavy atom. The van der Waals surface area contributed by atoms with Gasteiger partial charge in [-0.05, 0) is 39.0 Å². The molecule has 3 aromatic rings. The van der Waals surface area contributed by atoms with Crippen LogP contribution in [-0.4, -0.2) is 24.8 Å². The molecule has 1 N–H and O–H groups in total. The van der Waals surface area contributed by atoms with Crippen LogP contribution in [0.1, 0.15) is 32.0 Å². The molecule has 0 saturated carbocycles. The van der Waals surface area contributed by atoms with Crippen LogP contribution < -0.4 is 5.32 Å². The second-order valence-electron chi connectivity index (χ2n) is 6.60. The van der Waals surface area contributed by atoms with Crippen LogP contribution in [0.2, 0.25) is 0 Å². The molecule has 0 saturated heterocycles. The molecule has 0 aliphatic heterocycles. The van der Waals surface area contributed by atoms with E-state index in [1.807, 2.05) is 33.0 Å². The molecule has 0 aliphatic carbocycles. The lowest BCUT2D eigenvalue weighted by Gasteiger charge is -2.17. The summed E-state index contributed by atoms with van der Waals surface area (Å²) in [5.74, 6) is 0.0934. The third-order valence-corrected chi connectivity index (χ3v) is 3.59. The van der Waals surface area contributed by atoms with E-state index in [1.54, 1.807) is 23.0 Å². The van der Waals surface area contributed by atoms with Crippen LogP contribution in [0, 0.1) is 17.1 Å². The van der Waals surface area contributed by atoms with Crippen molar-refractivity contribution in [2.45, 2.75) is 32.9 Å². The molecule has 0 amide bonds. The summed E-state index contributed by atoms with van der Waals surface area (Å²) in [5, 5.41) is 24.5. The molecule has 8 heteroatoms. The van der Waals surface area contributed by atoms with Crippen LogP contribution in [0.25, 0.3) is 5.69 Å². The molecule has 1 aromatic carbocycles. The van der Waals surface area contributed by atoms with Gasteiger partial charge in [0, 0.05) is 12.3 Å². The maximum absolute atomic E-state index is 14.0. The summed E-state index contributed by atoms with van der Waals surface area (Å²) in [6.45, 7) is 6.61. The largest absolute Gasteiger partial charge is 0.363 e. The van der Waals surface area contributed by atoms with E-state index in [1.165, 1.54) is 16.8 Å². The minimum Gasteiger partial charge on any atom is -0.363 e. The van der Waals surface area contributed by atoms with E-state index in [4.69, 9.17) is 5.26 Å². The Hall–Kier alpha value is -3.21. The minimum atomic E-state index is -0.498. The van der Waals surface area contributed by atoms with Gasteiger partial charge in [-0.2, -0.15) is 10.4 Å². The summed E-state index contributed by atoms with van der Waals surface area (Å²) in [6, 6.07) is 7.92. The third-order valence-electron chi connectivity index (χ3n) is 3.59. The molecule has 3 rings (SSSR count). The van der Waals surface area contributed by atoms with Gasteiger partial charge in [0.2, 0.25) is 0 Å². The van der Waals surface area contributed by atoms with Gasteiger partial charge in [-0.1, -0.05) is 5.21 Å². The highest BCUT2D eigenvalue weighted by atomic mass is 19.1. The number of aromatic nitrogens is 5. The van der Waals surface area contributed by atoms with Gasteiger partial charge in [0.05, 0.1) is 29.9 Å². The predicted octanol–water partition coefficient (Wildman–Crippen LogP) is 2.84. The molecule has 0 radical (unpaired) electrons. The molecular formula is C17H18FN7. The fourth-order valence-corrected chi connectivity index (χ4v) is 2.20. The lowest BCUT2D eigenvalue weighted by Crippen LogP contribution is -2.22. The molecule has 25 heavy (non-hydrogen) atoms. The molecule has 2 heterocycles. The zero-order chi connectivity index (χ0) is 18.0. The summed E-state index contributed by atoms with van der Waals surface area (Å²) in [7, 11) is 0. The van der Waals surface area contributed by atoms with E-state index in [9.17, 15) is 4.39 Å². The number of rotatable bonds is 4. The number of hydrogen-bond acceptors (Lipinski definition) is 5. The molecule has 2 aromatic heterocycles. The molecule has 7 nitrogen and oxygen atoms in total. The van der Waals surface area contributed by atoms with E-state index in [-0.39, 0.29) is 16.8 Å². The van der Waals surface area contributed by atoms with E-state index in [2.05, 4.69) is 20.7 Å². The second kappa shape index (κ2) is 6.36. The average molecular weight is 339 g/mol. The van der Waals surface area contributed by atoms with Gasteiger partial charge >= 0.3 is 0 Å². The number of hydrogen-bond donors (Lipinski definition) is 1. The van der Waals surface area contributed by atoms with Crippen molar-refractivity contribution in [3.05, 3.63) is 53.7 Å². The molecule has 0 unspecified atom stereocenters. The van der Waals surface area contributed by atoms with Crippen molar-refractivity contribution < 1.29 is 4.39 Å². The Balaban J connectivity index is 1.70. The van der Waals surface area contributed by atoms with Gasteiger partial charge in [-0.3, -0.25) is 0 Å². The van der Waals surface area contributed by atoms with Crippen molar-refractivity contribution in [2.75, 3.05) is 5.32 Å². The summed E-state index contributed by atoms with van der Waals surface area (Å²) in [4.78, 5) is 0. The van der Waals surface area contributed by atoms with Crippen LogP contribution in [0.15, 0.2) is 36.7 Å². The molecule has 0 spiro atoms. The standard InChI is InChI=1S/C17H18FN7/c1-17(2,3)25-11-13(21-23-25)10-20-16-6-7-24(22-16)15-5-4-12(9-19)8-14(15)18/h4-8,11H,10H2,1-3H3,(H,20,22). The normalized spacial score (nSPS) is 11.3. The van der Waals surface area contributed by atoms with Crippen molar-refractivity contribution in [1.82, 2.24) is 24.8 Å². The number of nitriles is 1. The highest BCUT2D eigenvalue weighted by molar-refractivity contribution is 5.42. The van der Waals surface area contributed by atoms with Gasteiger partial charge in [0.25, 0.3) is 0 Å². The first kappa shape index (κ1) is 16.6. The van der Waals surface area contributed by atoms with Crippen LogP contribution >= 0.6 is 0 Å². The van der Waals surface area contributed by atoms with Crippen LogP contribution in [0.3, 0.4) is 0 Å². The highest BCUT2D eigenvalue weighted by Crippen LogP contribution is 2.17. The fraction of sp³-hybridized carbons (Fsp3) is 0.294. The maximum Gasteiger partial charge on any atom is 0.150 e. The van der Waals surface area contributed by atoms with Gasteiger partial charge in [0.1, 0.15) is 23.0 Å². The predicted molar refractivity (Wildman–Crippen MR) is 90.6 cm³/mol. The first-order valence-electron chi connectivity index (χ1n) is 7.78. The molecular weight excluding hydrogens is 321 g/mol. The van der Waals surface area contributed by atoms with Gasteiger partial charge in [-0.15, -0.1) is 5.10 Å². The van der Waals surface area contributed by atoms with E-state index in [0.29, 0.717) is 12.4 Å². The monoisotopic (exact) mass is 339 g/mol. The van der Waals surface area contributed by atoms with E-state index >= 15 is 0 Å². The van der Waals surface area contributed by atoms with E-state index in [0.717, 1.165) is 5.69 Å². The topological polar surface area (TPSA) is 84.4 Å². The number of nitrogens with zero attached hydrogens (tertiary/aromatic N) is 6. The molecule has 128 valence electrons. The van der Waals surface area contributed by atoms with Gasteiger partial charge in [0.15, 0.2) is 0 Å². The Labute approximate surface area is 144 Å². The lowest BCUT2D eigenvalue weighted by atomic mass is 10.1. The highest BCUT2D eigenvalue weighted by Gasteiger charge is 2.15. The summed E-state index contributed by atoms with van der Waals surface area (Å²) < 4.78 is 17.3. The van der Waals surface area contributed by atoms with Crippen LogP contribution in [-0.2, 0) is 12.1 Å². The Morgan fingerprint density at radius 1 is 1.28 bits per heavy atom. The van der Waals surface area contributed by atoms with E-state index < -0.39 is 5.82 Å². The summed E-state index contributed by atoms with van der Waals surface area (Å²) in [6.07, 6.45) is 3.53. The molecule has 0 bridgehead atoms. The number of anilines is 1. The van der Waals surface area contributed by atoms with Crippen molar-refractivity contribution >= 4 is 5.82 Å². The first-order chi connectivity index (χ1) is 11.9. The second-order valence-corrected chi connectivity index (χ2v) is 6.60. The fourth-order valence-electron chi connectivity index (χ4n) is 2.20. The molecule has 0 atom stereocenters. The summed E-state index contributed by atoms with van der Waals surface area (Å²) >= 11 is 0. The van der Waals surface area contributed by atoms with Crippen molar-refractivity contribution in [1.29, 1.82) is 5.26 Å². The number of nitrogens with one attached hydrogen (secondary N) is 1. The van der Waals surface area contributed by atoms with Crippen molar-refractivity contribution in [3.8, 4) is 11.8 Å². The zero-order valence-corrected chi connectivity index (χ0v) is 14.2. The average Bonchev–Trinajstić information content (AvgIpc) is 3.21. The SMILES string of the molecule is CC(C)(C)n1cc(CNc2ccn(-c3ccc(C#N)cc3F)n2)nn1. The van der Waals surface area contributed by atoms with Gasteiger partial charge < -0.3 is 5.32 Å². The van der Waals surface area contributed by atoms with Crippen molar-refractivity contribution in [2.24, 2.45) is 0 Å². The van der Waals surface area contributed by atoms with Crippen LogP contribution in [0.5, 0.6) is 0 Å². The Morgan fingerprint density at radius 3 is 2.72 bits per heavy atom. The zero-order valence-electron chi connectivity index (χ0n) is 14.2. The quantitative estimate of drug-likeness (QED) is 0.790. The number of halogens is 1.